The molecule has 0 spiro atoms. The number of carbonyl (C=O) groups is 2. The van der Waals surface area contributed by atoms with E-state index in [1.807, 2.05) is 0 Å². The molecule has 2 N–H and O–H groups in total. The lowest BCUT2D eigenvalue weighted by molar-refractivity contribution is -0.125. The molecular formula is C16H17FN2O3S. The predicted molar refractivity (Wildman–Crippen MR) is 86.0 cm³/mol. The molecule has 2 aromatic rings. The predicted octanol–water partition coefficient (Wildman–Crippen LogP) is 2.50. The smallest absolute Gasteiger partial charge is 0.345 e. The first-order chi connectivity index (χ1) is 10.9. The summed E-state index contributed by atoms with van der Waals surface area (Å²) in [7, 11) is 3.48. The molecule has 0 saturated carbocycles. The number of benzene rings is 1. The molecule has 0 bridgehead atoms. The Morgan fingerprint density at radius 3 is 2.61 bits per heavy atom. The van der Waals surface area contributed by atoms with Crippen LogP contribution in [0.25, 0.3) is 0 Å². The van der Waals surface area contributed by atoms with E-state index >= 15 is 0 Å². The lowest BCUT2D eigenvalue weighted by atomic mass is 10.1. The molecule has 5 nitrogen and oxygen atoms in total. The van der Waals surface area contributed by atoms with Crippen molar-refractivity contribution in [2.24, 2.45) is 0 Å². The fraction of sp³-hybridized carbons (Fsp3) is 0.250. The van der Waals surface area contributed by atoms with Crippen LogP contribution in [-0.2, 0) is 11.3 Å². The Hall–Kier alpha value is -2.25. The van der Waals surface area contributed by atoms with Crippen LogP contribution in [0.5, 0.6) is 0 Å². The average Bonchev–Trinajstić information content (AvgIpc) is 2.94. The highest BCUT2D eigenvalue weighted by molar-refractivity contribution is 7.13. The molecule has 122 valence electrons. The van der Waals surface area contributed by atoms with E-state index in [-0.39, 0.29) is 17.3 Å². The summed E-state index contributed by atoms with van der Waals surface area (Å²) in [5, 5.41) is 11.7. The third-order valence-corrected chi connectivity index (χ3v) is 4.31. The summed E-state index contributed by atoms with van der Waals surface area (Å²) in [5.74, 6) is -1.66. The Morgan fingerprint density at radius 1 is 1.30 bits per heavy atom. The van der Waals surface area contributed by atoms with E-state index in [1.165, 1.54) is 18.2 Å². The fourth-order valence-electron chi connectivity index (χ4n) is 2.22. The van der Waals surface area contributed by atoms with Crippen LogP contribution in [0.2, 0.25) is 0 Å². The van der Waals surface area contributed by atoms with E-state index in [2.05, 4.69) is 5.32 Å². The van der Waals surface area contributed by atoms with Crippen molar-refractivity contribution in [3.63, 3.8) is 0 Å². The number of nitrogens with one attached hydrogen (secondary N) is 1. The minimum absolute atomic E-state index is 0.225. The number of rotatable bonds is 6. The van der Waals surface area contributed by atoms with Gasteiger partial charge in [-0.3, -0.25) is 9.69 Å². The van der Waals surface area contributed by atoms with E-state index in [9.17, 15) is 14.0 Å². The first-order valence-corrected chi connectivity index (χ1v) is 7.71. The Morgan fingerprint density at radius 2 is 2.04 bits per heavy atom. The fourth-order valence-corrected chi connectivity index (χ4v) is 3.01. The molecule has 1 aromatic heterocycles. The third-order valence-electron chi connectivity index (χ3n) is 3.24. The second-order valence-electron chi connectivity index (χ2n) is 5.21. The van der Waals surface area contributed by atoms with Gasteiger partial charge in [-0.1, -0.05) is 12.1 Å². The molecule has 1 aromatic carbocycles. The molecule has 0 radical (unpaired) electrons. The van der Waals surface area contributed by atoms with Crippen LogP contribution in [-0.4, -0.2) is 36.0 Å². The first kappa shape index (κ1) is 17.1. The van der Waals surface area contributed by atoms with Gasteiger partial charge in [-0.15, -0.1) is 11.3 Å². The molecule has 23 heavy (non-hydrogen) atoms. The monoisotopic (exact) mass is 336 g/mol. The van der Waals surface area contributed by atoms with E-state index < -0.39 is 17.8 Å². The number of carboxylic acid groups (broad SMARTS) is 1. The number of carbonyl (C=O) groups excluding carboxylic acids is 1. The largest absolute Gasteiger partial charge is 0.477 e. The van der Waals surface area contributed by atoms with Gasteiger partial charge in [0, 0.05) is 4.88 Å². The quantitative estimate of drug-likeness (QED) is 0.850. The van der Waals surface area contributed by atoms with Crippen LogP contribution < -0.4 is 5.32 Å². The van der Waals surface area contributed by atoms with Gasteiger partial charge in [0.2, 0.25) is 5.91 Å². The number of likely N-dealkylation sites (N-methyl/N-ethyl adjacent to an activating group) is 1. The van der Waals surface area contributed by atoms with Gasteiger partial charge < -0.3 is 10.4 Å². The van der Waals surface area contributed by atoms with Gasteiger partial charge in [-0.05, 0) is 43.9 Å². The number of nitrogens with zero attached hydrogens (tertiary/aromatic N) is 1. The van der Waals surface area contributed by atoms with Crippen LogP contribution in [0.4, 0.5) is 4.39 Å². The molecule has 0 saturated heterocycles. The zero-order chi connectivity index (χ0) is 17.0. The van der Waals surface area contributed by atoms with Crippen LogP contribution in [0.3, 0.4) is 0 Å². The van der Waals surface area contributed by atoms with E-state index in [4.69, 9.17) is 5.11 Å². The maximum atomic E-state index is 13.4. The third kappa shape index (κ3) is 4.37. The number of hydrogen-bond donors (Lipinski definition) is 2. The van der Waals surface area contributed by atoms with Crippen LogP contribution >= 0.6 is 11.3 Å². The number of amides is 1. The summed E-state index contributed by atoms with van der Waals surface area (Å²) < 4.78 is 13.4. The molecule has 0 aliphatic carbocycles. The Kier molecular flexibility index (Phi) is 5.46. The topological polar surface area (TPSA) is 69.6 Å². The van der Waals surface area contributed by atoms with Gasteiger partial charge >= 0.3 is 5.97 Å². The summed E-state index contributed by atoms with van der Waals surface area (Å²) in [6, 6.07) is 8.47. The minimum Gasteiger partial charge on any atom is -0.477 e. The van der Waals surface area contributed by atoms with Gasteiger partial charge in [0.1, 0.15) is 16.7 Å². The van der Waals surface area contributed by atoms with Crippen molar-refractivity contribution in [3.8, 4) is 0 Å². The highest BCUT2D eigenvalue weighted by atomic mass is 32.1. The van der Waals surface area contributed by atoms with Gasteiger partial charge in [0.25, 0.3) is 0 Å². The number of thiophene rings is 1. The van der Waals surface area contributed by atoms with Crippen LogP contribution in [0, 0.1) is 5.82 Å². The highest BCUT2D eigenvalue weighted by Crippen LogP contribution is 2.20. The number of carboxylic acids is 1. The number of halogens is 1. The first-order valence-electron chi connectivity index (χ1n) is 6.90. The van der Waals surface area contributed by atoms with Gasteiger partial charge in [0.15, 0.2) is 0 Å². The lowest BCUT2D eigenvalue weighted by Crippen LogP contribution is -2.36. The van der Waals surface area contributed by atoms with E-state index in [0.29, 0.717) is 5.56 Å². The van der Waals surface area contributed by atoms with E-state index in [1.54, 1.807) is 37.2 Å². The number of aromatic carboxylic acids is 1. The van der Waals surface area contributed by atoms with Crippen molar-refractivity contribution < 1.29 is 19.1 Å². The zero-order valence-corrected chi connectivity index (χ0v) is 13.6. The molecule has 2 rings (SSSR count). The summed E-state index contributed by atoms with van der Waals surface area (Å²) >= 11 is 1.11. The summed E-state index contributed by atoms with van der Waals surface area (Å²) in [5.41, 5.74) is 0.560. The minimum atomic E-state index is -0.987. The van der Waals surface area contributed by atoms with Gasteiger partial charge in [-0.25, -0.2) is 9.18 Å². The summed E-state index contributed by atoms with van der Waals surface area (Å²) in [6.07, 6.45) is 0. The Labute approximate surface area is 137 Å². The standard InChI is InChI=1S/C16H17FN2O3S/c1-19(2)14(10-4-3-5-11(17)8-10)15(20)18-9-12-6-7-13(23-12)16(21)22/h3-8,14H,9H2,1-2H3,(H,18,20)(H,21,22)/t14-/m0/s1. The van der Waals surface area contributed by atoms with Crippen LogP contribution in [0.1, 0.15) is 26.2 Å². The molecule has 0 aliphatic heterocycles. The van der Waals surface area contributed by atoms with Crippen molar-refractivity contribution in [1.29, 1.82) is 0 Å². The highest BCUT2D eigenvalue weighted by Gasteiger charge is 2.23. The maximum absolute atomic E-state index is 13.4. The SMILES string of the molecule is CN(C)[C@H](C(=O)NCc1ccc(C(=O)O)s1)c1cccc(F)c1. The molecule has 0 fully saturated rings. The van der Waals surface area contributed by atoms with E-state index in [0.717, 1.165) is 16.2 Å². The maximum Gasteiger partial charge on any atom is 0.345 e. The van der Waals surface area contributed by atoms with Crippen molar-refractivity contribution in [2.45, 2.75) is 12.6 Å². The second kappa shape index (κ2) is 7.34. The van der Waals surface area contributed by atoms with Crippen LogP contribution in [0.15, 0.2) is 36.4 Å². The second-order valence-corrected chi connectivity index (χ2v) is 6.38. The summed E-state index contributed by atoms with van der Waals surface area (Å²) in [6.45, 7) is 0.233. The van der Waals surface area contributed by atoms with Crippen molar-refractivity contribution >= 4 is 23.2 Å². The molecule has 0 aliphatic rings. The Balaban J connectivity index is 2.08. The lowest BCUT2D eigenvalue weighted by Gasteiger charge is -2.23. The molecule has 1 heterocycles. The summed E-state index contributed by atoms with van der Waals surface area (Å²) in [4.78, 5) is 25.9. The van der Waals surface area contributed by atoms with Gasteiger partial charge in [-0.2, -0.15) is 0 Å². The normalized spacial score (nSPS) is 12.2. The molecule has 0 unspecified atom stereocenters. The molecule has 1 atom stereocenters. The van der Waals surface area contributed by atoms with Crippen molar-refractivity contribution in [2.75, 3.05) is 14.1 Å². The zero-order valence-electron chi connectivity index (χ0n) is 12.7. The molecule has 1 amide bonds. The van der Waals surface area contributed by atoms with Gasteiger partial charge in [0.05, 0.1) is 6.54 Å². The number of hydrogen-bond acceptors (Lipinski definition) is 4. The van der Waals surface area contributed by atoms with Crippen molar-refractivity contribution in [1.82, 2.24) is 10.2 Å². The molecular weight excluding hydrogens is 319 g/mol. The Bertz CT molecular complexity index is 715. The average molecular weight is 336 g/mol. The molecule has 7 heteroatoms. The van der Waals surface area contributed by atoms with Crippen molar-refractivity contribution in [3.05, 3.63) is 57.5 Å².